The van der Waals surface area contributed by atoms with Crippen molar-refractivity contribution in [2.45, 2.75) is 116 Å². The maximum Gasteiger partial charge on any atom is 0.171 e. The lowest BCUT2D eigenvalue weighted by Gasteiger charge is -2.50. The van der Waals surface area contributed by atoms with E-state index in [4.69, 9.17) is 4.74 Å². The zero-order valence-corrected chi connectivity index (χ0v) is 17.7. The molecule has 1 N–H and O–H groups in total. The number of rotatable bonds is 11. The lowest BCUT2D eigenvalue weighted by Crippen LogP contribution is -2.54. The van der Waals surface area contributed by atoms with Gasteiger partial charge in [-0.05, 0) is 31.6 Å². The van der Waals surface area contributed by atoms with Crippen LogP contribution in [0.25, 0.3) is 0 Å². The van der Waals surface area contributed by atoms with Crippen molar-refractivity contribution in [1.29, 1.82) is 0 Å². The number of ether oxygens (including phenoxy) is 1. The van der Waals surface area contributed by atoms with E-state index in [1.807, 2.05) is 0 Å². The van der Waals surface area contributed by atoms with Crippen molar-refractivity contribution in [3.05, 3.63) is 0 Å². The number of fused-ring (bicyclic) bond motifs is 1. The minimum absolute atomic E-state index is 0.0607. The van der Waals surface area contributed by atoms with E-state index < -0.39 is 5.79 Å². The van der Waals surface area contributed by atoms with E-state index in [1.54, 1.807) is 0 Å². The van der Waals surface area contributed by atoms with Crippen molar-refractivity contribution in [3.63, 3.8) is 0 Å². The Balaban J connectivity index is 1.95. The molecule has 0 aromatic heterocycles. The summed E-state index contributed by atoms with van der Waals surface area (Å²) >= 11 is 0. The van der Waals surface area contributed by atoms with E-state index in [0.29, 0.717) is 24.5 Å². The van der Waals surface area contributed by atoms with E-state index in [1.165, 1.54) is 25.6 Å². The maximum atomic E-state index is 12.6. The van der Waals surface area contributed by atoms with Gasteiger partial charge in [0.05, 0.1) is 6.10 Å². The van der Waals surface area contributed by atoms with Gasteiger partial charge in [0, 0.05) is 24.2 Å². The Morgan fingerprint density at radius 1 is 1.23 bits per heavy atom. The van der Waals surface area contributed by atoms with Crippen LogP contribution in [-0.4, -0.2) is 30.6 Å². The largest absolute Gasteiger partial charge is 0.365 e. The van der Waals surface area contributed by atoms with E-state index in [-0.39, 0.29) is 17.4 Å². The van der Waals surface area contributed by atoms with Gasteiger partial charge in [-0.25, -0.2) is 0 Å². The quantitative estimate of drug-likeness (QED) is 0.428. The fourth-order valence-electron chi connectivity index (χ4n) is 5.19. The summed E-state index contributed by atoms with van der Waals surface area (Å²) in [5.41, 5.74) is -0.213. The average molecular weight is 364 g/mol. The van der Waals surface area contributed by atoms with Crippen LogP contribution in [0.5, 0.6) is 0 Å². The summed E-state index contributed by atoms with van der Waals surface area (Å²) < 4.78 is 6.33. The predicted octanol–water partition coefficient (Wildman–Crippen LogP) is 4.67. The summed E-state index contributed by atoms with van der Waals surface area (Å²) in [6.07, 6.45) is 13.5. The molecule has 4 heteroatoms. The first-order valence-corrected chi connectivity index (χ1v) is 11.3. The van der Waals surface area contributed by atoms with Crippen molar-refractivity contribution in [1.82, 2.24) is 0 Å². The fourth-order valence-corrected chi connectivity index (χ4v) is 5.19. The molecular formula is C22H41BO3. The molecule has 1 saturated heterocycles. The van der Waals surface area contributed by atoms with Gasteiger partial charge in [-0.3, -0.25) is 4.79 Å². The van der Waals surface area contributed by atoms with Gasteiger partial charge in [0.25, 0.3) is 0 Å². The van der Waals surface area contributed by atoms with E-state index in [9.17, 15) is 9.90 Å². The van der Waals surface area contributed by atoms with Crippen molar-refractivity contribution in [2.24, 2.45) is 17.3 Å². The van der Waals surface area contributed by atoms with Gasteiger partial charge in [0.2, 0.25) is 0 Å². The molecule has 0 bridgehead atoms. The van der Waals surface area contributed by atoms with Crippen LogP contribution in [0.4, 0.5) is 0 Å². The molecule has 150 valence electrons. The molecule has 1 aliphatic heterocycles. The molecule has 2 aliphatic rings. The van der Waals surface area contributed by atoms with E-state index in [2.05, 4.69) is 28.6 Å². The van der Waals surface area contributed by atoms with Gasteiger partial charge in [0.1, 0.15) is 13.6 Å². The lowest BCUT2D eigenvalue weighted by molar-refractivity contribution is -0.320. The number of aliphatic hydroxyl groups is 1. The standard InChI is InChI=1S/C22H41BO3/c1-4-6-13-21(3,5-2)22(25)14-12-18-17(11-9-7-8-10-15-23)19(24)16-20(18)26-22/h17-18,20,25H,4-16,23H2,1-3H3/t17-,18-,20-,21?,22-/m1/s1. The Labute approximate surface area is 162 Å². The summed E-state index contributed by atoms with van der Waals surface area (Å²) in [7, 11) is 2.23. The highest BCUT2D eigenvalue weighted by molar-refractivity contribution is 6.08. The van der Waals surface area contributed by atoms with Gasteiger partial charge in [0.15, 0.2) is 5.79 Å². The minimum atomic E-state index is -1.06. The molecule has 0 aromatic carbocycles. The third-order valence-electron chi connectivity index (χ3n) is 7.40. The summed E-state index contributed by atoms with van der Waals surface area (Å²) in [6, 6.07) is 0. The average Bonchev–Trinajstić information content (AvgIpc) is 2.93. The number of hydrogen-bond acceptors (Lipinski definition) is 3. The van der Waals surface area contributed by atoms with Crippen LogP contribution in [0, 0.1) is 17.3 Å². The predicted molar refractivity (Wildman–Crippen MR) is 110 cm³/mol. The van der Waals surface area contributed by atoms with Crippen LogP contribution < -0.4 is 0 Å². The van der Waals surface area contributed by atoms with E-state index in [0.717, 1.165) is 44.9 Å². The molecule has 0 amide bonds. The Morgan fingerprint density at radius 3 is 2.62 bits per heavy atom. The number of unbranched alkanes of at least 4 members (excludes halogenated alkanes) is 4. The summed E-state index contributed by atoms with van der Waals surface area (Å²) in [5.74, 6) is -0.170. The fraction of sp³-hybridized carbons (Fsp3) is 0.955. The molecule has 2 rings (SSSR count). The molecule has 0 aromatic rings. The van der Waals surface area contributed by atoms with Crippen LogP contribution in [0.2, 0.25) is 6.32 Å². The molecule has 3 nitrogen and oxygen atoms in total. The zero-order valence-electron chi connectivity index (χ0n) is 17.7. The van der Waals surface area contributed by atoms with Crippen LogP contribution in [0.1, 0.15) is 97.8 Å². The SMILES string of the molecule is BCCCCCC[C@H]1C(=O)C[C@H]2O[C@@](O)(C(C)(CC)CCCC)CC[C@@H]21. The first-order valence-electron chi connectivity index (χ1n) is 11.3. The molecule has 0 spiro atoms. The van der Waals surface area contributed by atoms with Crippen molar-refractivity contribution >= 4 is 13.6 Å². The molecule has 1 saturated carbocycles. The van der Waals surface area contributed by atoms with Crippen molar-refractivity contribution in [3.8, 4) is 0 Å². The van der Waals surface area contributed by atoms with Gasteiger partial charge >= 0.3 is 0 Å². The van der Waals surface area contributed by atoms with Crippen LogP contribution in [0.3, 0.4) is 0 Å². The smallest absolute Gasteiger partial charge is 0.171 e. The van der Waals surface area contributed by atoms with E-state index >= 15 is 0 Å². The number of Topliss-reactive ketones (excluding diaryl/α,β-unsaturated/α-hetero) is 1. The summed E-state index contributed by atoms with van der Waals surface area (Å²) in [5, 5.41) is 11.4. The molecule has 1 aliphatic carbocycles. The Hall–Kier alpha value is -0.345. The topological polar surface area (TPSA) is 46.5 Å². The molecule has 5 atom stereocenters. The van der Waals surface area contributed by atoms with Crippen LogP contribution in [-0.2, 0) is 9.53 Å². The normalized spacial score (nSPS) is 33.8. The second-order valence-corrected chi connectivity index (χ2v) is 9.14. The molecular weight excluding hydrogens is 323 g/mol. The number of hydrogen-bond donors (Lipinski definition) is 1. The van der Waals surface area contributed by atoms with Crippen LogP contribution in [0.15, 0.2) is 0 Å². The molecule has 1 unspecified atom stereocenters. The Bertz CT molecular complexity index is 455. The second kappa shape index (κ2) is 9.73. The first-order chi connectivity index (χ1) is 12.4. The second-order valence-electron chi connectivity index (χ2n) is 9.14. The third kappa shape index (κ3) is 4.73. The number of carbonyl (C=O) groups is 1. The minimum Gasteiger partial charge on any atom is -0.365 e. The monoisotopic (exact) mass is 364 g/mol. The highest BCUT2D eigenvalue weighted by Crippen LogP contribution is 2.52. The number of ketones is 1. The van der Waals surface area contributed by atoms with Crippen LogP contribution >= 0.6 is 0 Å². The Kier molecular flexibility index (Phi) is 8.21. The lowest BCUT2D eigenvalue weighted by atomic mass is 9.70. The first kappa shape index (κ1) is 21.9. The molecule has 2 fully saturated rings. The maximum absolute atomic E-state index is 12.6. The molecule has 1 heterocycles. The summed E-state index contributed by atoms with van der Waals surface area (Å²) in [6.45, 7) is 6.52. The van der Waals surface area contributed by atoms with Crippen molar-refractivity contribution < 1.29 is 14.6 Å². The third-order valence-corrected chi connectivity index (χ3v) is 7.40. The van der Waals surface area contributed by atoms with Gasteiger partial charge in [-0.1, -0.05) is 65.6 Å². The molecule has 26 heavy (non-hydrogen) atoms. The van der Waals surface area contributed by atoms with Gasteiger partial charge in [-0.2, -0.15) is 0 Å². The zero-order chi connectivity index (χ0) is 19.2. The van der Waals surface area contributed by atoms with Gasteiger partial charge < -0.3 is 9.84 Å². The highest BCUT2D eigenvalue weighted by Gasteiger charge is 2.55. The number of carbonyl (C=O) groups excluding carboxylic acids is 1. The Morgan fingerprint density at radius 2 is 1.96 bits per heavy atom. The molecule has 0 radical (unpaired) electrons. The van der Waals surface area contributed by atoms with Crippen molar-refractivity contribution in [2.75, 3.05) is 0 Å². The summed E-state index contributed by atoms with van der Waals surface area (Å²) in [4.78, 5) is 12.6. The highest BCUT2D eigenvalue weighted by atomic mass is 16.6. The van der Waals surface area contributed by atoms with Gasteiger partial charge in [-0.15, -0.1) is 0 Å².